The van der Waals surface area contributed by atoms with Crippen molar-refractivity contribution in [3.8, 4) is 0 Å². The van der Waals surface area contributed by atoms with E-state index in [1.807, 2.05) is 28.0 Å². The highest BCUT2D eigenvalue weighted by molar-refractivity contribution is 5.92. The van der Waals surface area contributed by atoms with Crippen LogP contribution in [0.25, 0.3) is 0 Å². The largest absolute Gasteiger partial charge is 0.339 e. The molecule has 26 heavy (non-hydrogen) atoms. The Bertz CT molecular complexity index is 796. The Balaban J connectivity index is 1.60. The molecule has 1 aromatic heterocycles. The molecule has 4 rings (SSSR count). The maximum Gasteiger partial charge on any atom is 0.272 e. The molecule has 0 N–H and O–H groups in total. The minimum atomic E-state index is -0.0565. The van der Waals surface area contributed by atoms with Gasteiger partial charge >= 0.3 is 0 Å². The van der Waals surface area contributed by atoms with Crippen LogP contribution in [-0.4, -0.2) is 57.3 Å². The average molecular weight is 350 g/mol. The predicted molar refractivity (Wildman–Crippen MR) is 96.4 cm³/mol. The van der Waals surface area contributed by atoms with Crippen molar-refractivity contribution in [1.29, 1.82) is 0 Å². The molecule has 2 aliphatic rings. The molecule has 2 saturated heterocycles. The van der Waals surface area contributed by atoms with Crippen molar-refractivity contribution in [2.75, 3.05) is 19.6 Å². The highest BCUT2D eigenvalue weighted by Crippen LogP contribution is 2.41. The molecule has 6 heteroatoms. The van der Waals surface area contributed by atoms with Gasteiger partial charge in [-0.2, -0.15) is 0 Å². The highest BCUT2D eigenvalue weighted by atomic mass is 16.2. The van der Waals surface area contributed by atoms with Gasteiger partial charge in [0.05, 0.1) is 0 Å². The number of carbonyl (C=O) groups excluding carboxylic acids is 2. The van der Waals surface area contributed by atoms with Gasteiger partial charge in [0.15, 0.2) is 0 Å². The van der Waals surface area contributed by atoms with Crippen LogP contribution in [0, 0.1) is 5.92 Å². The van der Waals surface area contributed by atoms with E-state index in [0.717, 1.165) is 13.0 Å². The molecular weight excluding hydrogens is 328 g/mol. The minimum absolute atomic E-state index is 0.0565. The van der Waals surface area contributed by atoms with Gasteiger partial charge in [-0.3, -0.25) is 9.59 Å². The molecule has 0 unspecified atom stereocenters. The number of likely N-dealkylation sites (tertiary alicyclic amines) is 2. The third-order valence-corrected chi connectivity index (χ3v) is 5.65. The van der Waals surface area contributed by atoms with Crippen LogP contribution in [0.2, 0.25) is 0 Å². The standard InChI is InChI=1S/C20H22N4O2/c1-14(25)24-12-16(15-5-3-2-4-6-15)17-11-23(10-8-19(17)24)20(26)18-7-9-21-13-22-18/h2-7,9,13,16-17,19H,8,10-12H2,1H3/t16-,17-,19-/m1/s1. The fourth-order valence-corrected chi connectivity index (χ4v) is 4.41. The van der Waals surface area contributed by atoms with Crippen LogP contribution in [-0.2, 0) is 4.79 Å². The molecule has 0 saturated carbocycles. The number of fused-ring (bicyclic) bond motifs is 1. The van der Waals surface area contributed by atoms with Crippen molar-refractivity contribution in [2.24, 2.45) is 5.92 Å². The maximum atomic E-state index is 12.8. The number of hydrogen-bond donors (Lipinski definition) is 0. The number of piperidine rings is 1. The first-order chi connectivity index (χ1) is 12.6. The summed E-state index contributed by atoms with van der Waals surface area (Å²) < 4.78 is 0. The zero-order valence-electron chi connectivity index (χ0n) is 14.8. The zero-order valence-corrected chi connectivity index (χ0v) is 14.8. The Morgan fingerprint density at radius 2 is 1.92 bits per heavy atom. The predicted octanol–water partition coefficient (Wildman–Crippen LogP) is 1.95. The molecule has 2 aromatic rings. The van der Waals surface area contributed by atoms with E-state index in [0.29, 0.717) is 18.8 Å². The molecule has 134 valence electrons. The molecule has 3 heterocycles. The van der Waals surface area contributed by atoms with Gasteiger partial charge in [-0.25, -0.2) is 9.97 Å². The van der Waals surface area contributed by atoms with Crippen LogP contribution in [0.15, 0.2) is 48.9 Å². The quantitative estimate of drug-likeness (QED) is 0.830. The van der Waals surface area contributed by atoms with Gasteiger partial charge in [-0.15, -0.1) is 0 Å². The first kappa shape index (κ1) is 16.7. The van der Waals surface area contributed by atoms with Gasteiger partial charge in [0.1, 0.15) is 12.0 Å². The summed E-state index contributed by atoms with van der Waals surface area (Å²) in [5.74, 6) is 0.569. The molecule has 0 spiro atoms. The molecule has 0 aliphatic carbocycles. The Kier molecular flexibility index (Phi) is 4.41. The van der Waals surface area contributed by atoms with Gasteiger partial charge in [0.25, 0.3) is 5.91 Å². The van der Waals surface area contributed by atoms with Crippen molar-refractivity contribution >= 4 is 11.8 Å². The van der Waals surface area contributed by atoms with Crippen molar-refractivity contribution in [2.45, 2.75) is 25.3 Å². The van der Waals surface area contributed by atoms with Crippen molar-refractivity contribution in [3.05, 3.63) is 60.2 Å². The lowest BCUT2D eigenvalue weighted by molar-refractivity contribution is -0.130. The topological polar surface area (TPSA) is 66.4 Å². The summed E-state index contributed by atoms with van der Waals surface area (Å²) in [5, 5.41) is 0. The van der Waals surface area contributed by atoms with E-state index in [1.54, 1.807) is 19.2 Å². The number of nitrogens with zero attached hydrogens (tertiary/aromatic N) is 4. The fourth-order valence-electron chi connectivity index (χ4n) is 4.41. The Morgan fingerprint density at radius 1 is 1.12 bits per heavy atom. The smallest absolute Gasteiger partial charge is 0.272 e. The minimum Gasteiger partial charge on any atom is -0.339 e. The van der Waals surface area contributed by atoms with E-state index >= 15 is 0 Å². The summed E-state index contributed by atoms with van der Waals surface area (Å²) in [7, 11) is 0. The summed E-state index contributed by atoms with van der Waals surface area (Å²) in [4.78, 5) is 36.8. The van der Waals surface area contributed by atoms with Gasteiger partial charge in [-0.05, 0) is 18.1 Å². The number of benzene rings is 1. The molecule has 6 nitrogen and oxygen atoms in total. The monoisotopic (exact) mass is 350 g/mol. The second kappa shape index (κ2) is 6.86. The normalized spacial score (nSPS) is 25.0. The maximum absolute atomic E-state index is 12.8. The second-order valence-electron chi connectivity index (χ2n) is 7.05. The Morgan fingerprint density at radius 3 is 2.62 bits per heavy atom. The number of rotatable bonds is 2. The van der Waals surface area contributed by atoms with Crippen molar-refractivity contribution in [3.63, 3.8) is 0 Å². The third kappa shape index (κ3) is 2.96. The first-order valence-electron chi connectivity index (χ1n) is 9.02. The van der Waals surface area contributed by atoms with Crippen molar-refractivity contribution in [1.82, 2.24) is 19.8 Å². The Hall–Kier alpha value is -2.76. The van der Waals surface area contributed by atoms with Gasteiger partial charge < -0.3 is 9.80 Å². The van der Waals surface area contributed by atoms with Gasteiger partial charge in [-0.1, -0.05) is 30.3 Å². The molecule has 2 fully saturated rings. The van der Waals surface area contributed by atoms with Crippen LogP contribution < -0.4 is 0 Å². The summed E-state index contributed by atoms with van der Waals surface area (Å²) in [6, 6.07) is 12.2. The number of aromatic nitrogens is 2. The molecule has 0 radical (unpaired) electrons. The first-order valence-corrected chi connectivity index (χ1v) is 9.02. The van der Waals surface area contributed by atoms with E-state index in [2.05, 4.69) is 22.1 Å². The summed E-state index contributed by atoms with van der Waals surface area (Å²) in [6.45, 7) is 3.67. The van der Waals surface area contributed by atoms with Crippen molar-refractivity contribution < 1.29 is 9.59 Å². The molecule has 2 aliphatic heterocycles. The Labute approximate surface area is 152 Å². The number of hydrogen-bond acceptors (Lipinski definition) is 4. The van der Waals surface area contributed by atoms with E-state index in [-0.39, 0.29) is 29.7 Å². The second-order valence-corrected chi connectivity index (χ2v) is 7.05. The zero-order chi connectivity index (χ0) is 18.1. The number of carbonyl (C=O) groups is 2. The fraction of sp³-hybridized carbons (Fsp3) is 0.400. The number of amides is 2. The molecular formula is C20H22N4O2. The van der Waals surface area contributed by atoms with Crippen LogP contribution >= 0.6 is 0 Å². The van der Waals surface area contributed by atoms with Gasteiger partial charge in [0.2, 0.25) is 5.91 Å². The SMILES string of the molecule is CC(=O)N1C[C@H](c2ccccc2)[C@H]2CN(C(=O)c3ccncn3)CC[C@H]21. The van der Waals surface area contributed by atoms with Gasteiger partial charge in [0, 0.05) is 50.6 Å². The van der Waals surface area contributed by atoms with E-state index in [1.165, 1.54) is 11.9 Å². The lowest BCUT2D eigenvalue weighted by Gasteiger charge is -2.38. The van der Waals surface area contributed by atoms with Crippen LogP contribution in [0.4, 0.5) is 0 Å². The summed E-state index contributed by atoms with van der Waals surface area (Å²) >= 11 is 0. The van der Waals surface area contributed by atoms with Crippen LogP contribution in [0.5, 0.6) is 0 Å². The van der Waals surface area contributed by atoms with E-state index in [9.17, 15) is 9.59 Å². The highest BCUT2D eigenvalue weighted by Gasteiger charge is 2.47. The van der Waals surface area contributed by atoms with Crippen LogP contribution in [0.1, 0.15) is 35.3 Å². The summed E-state index contributed by atoms with van der Waals surface area (Å²) in [6.07, 6.45) is 3.80. The molecule has 0 bridgehead atoms. The molecule has 1 aromatic carbocycles. The molecule has 2 amide bonds. The third-order valence-electron chi connectivity index (χ3n) is 5.65. The summed E-state index contributed by atoms with van der Waals surface area (Å²) in [5.41, 5.74) is 1.67. The lowest BCUT2D eigenvalue weighted by Crippen LogP contribution is -2.49. The molecule has 3 atom stereocenters. The van der Waals surface area contributed by atoms with E-state index in [4.69, 9.17) is 0 Å². The van der Waals surface area contributed by atoms with Crippen LogP contribution in [0.3, 0.4) is 0 Å². The van der Waals surface area contributed by atoms with E-state index < -0.39 is 0 Å². The average Bonchev–Trinajstić information content (AvgIpc) is 3.08. The lowest BCUT2D eigenvalue weighted by atomic mass is 9.81.